The number of rotatable bonds is 23. The van der Waals surface area contributed by atoms with Crippen LogP contribution in [0.25, 0.3) is 37.8 Å². The number of aromatic nitrogens is 3. The number of benzene rings is 3. The predicted octanol–water partition coefficient (Wildman–Crippen LogP) is 12.2. The number of hydrogen-bond acceptors (Lipinski definition) is 14. The first-order valence-corrected chi connectivity index (χ1v) is 32.0. The largest absolute Gasteiger partial charge is 0.508 e. The molecule has 2 bridgehead atoms. The first-order chi connectivity index (χ1) is 41.2. The highest BCUT2D eigenvalue weighted by Crippen LogP contribution is 2.40. The van der Waals surface area contributed by atoms with Crippen molar-refractivity contribution in [3.05, 3.63) is 100 Å². The van der Waals surface area contributed by atoms with Gasteiger partial charge in [0.25, 0.3) is 0 Å². The Morgan fingerprint density at radius 2 is 1.62 bits per heavy atom. The van der Waals surface area contributed by atoms with Crippen LogP contribution >= 0.6 is 11.8 Å². The van der Waals surface area contributed by atoms with Crippen molar-refractivity contribution in [2.24, 2.45) is 5.41 Å². The number of phenols is 1. The quantitative estimate of drug-likeness (QED) is 0.0236. The Balaban J connectivity index is 0.000000320. The number of nitrogens with zero attached hydrogens (tertiary/aromatic N) is 6. The third kappa shape index (κ3) is 18.1. The van der Waals surface area contributed by atoms with Gasteiger partial charge in [0.05, 0.1) is 34.3 Å². The third-order valence-electron chi connectivity index (χ3n) is 17.4. The van der Waals surface area contributed by atoms with Crippen LogP contribution in [0, 0.1) is 30.5 Å². The minimum absolute atomic E-state index is 0.0153. The number of unbranched alkanes of at least 4 members (excludes halogenated alkanes) is 7. The molecule has 0 saturated carbocycles. The molecule has 15 nitrogen and oxygen atoms in total. The fraction of sp³-hybridized carbons (Fsp3) is 0.536. The summed E-state index contributed by atoms with van der Waals surface area (Å²) in [4.78, 5) is 55.2. The number of amides is 2. The van der Waals surface area contributed by atoms with Crippen molar-refractivity contribution in [3.63, 3.8) is 0 Å². The van der Waals surface area contributed by atoms with Gasteiger partial charge in [0, 0.05) is 97.3 Å². The van der Waals surface area contributed by atoms with E-state index in [1.807, 2.05) is 25.6 Å². The van der Waals surface area contributed by atoms with Gasteiger partial charge in [-0.3, -0.25) is 14.6 Å². The Morgan fingerprint density at radius 3 is 2.21 bits per heavy atom. The number of aliphatic hydroxyl groups is 1. The molecule has 464 valence electrons. The number of aliphatic hydroxyl groups excluding tert-OH is 1. The van der Waals surface area contributed by atoms with Crippen molar-refractivity contribution < 1.29 is 33.7 Å². The van der Waals surface area contributed by atoms with Gasteiger partial charge in [-0.1, -0.05) is 119 Å². The van der Waals surface area contributed by atoms with Gasteiger partial charge < -0.3 is 50.4 Å². The van der Waals surface area contributed by atoms with Crippen molar-refractivity contribution in [1.29, 1.82) is 0 Å². The van der Waals surface area contributed by atoms with Crippen LogP contribution in [0.2, 0.25) is 0 Å². The number of piperazine rings is 1. The lowest BCUT2D eigenvalue weighted by atomic mass is 9.88. The van der Waals surface area contributed by atoms with E-state index in [4.69, 9.17) is 31.2 Å². The lowest BCUT2D eigenvalue weighted by molar-refractivity contribution is -0.123. The van der Waals surface area contributed by atoms with E-state index in [1.165, 1.54) is 71.1 Å². The molecule has 3 aromatic carbocycles. The summed E-state index contributed by atoms with van der Waals surface area (Å²) >= 11 is 1.69. The van der Waals surface area contributed by atoms with E-state index in [1.54, 1.807) is 30.0 Å². The molecule has 4 aliphatic rings. The van der Waals surface area contributed by atoms with E-state index in [2.05, 4.69) is 111 Å². The number of anilines is 1. The second-order valence-corrected chi connectivity index (χ2v) is 26.0. The average molecular weight is 1200 g/mol. The zero-order valence-corrected chi connectivity index (χ0v) is 53.2. The monoisotopic (exact) mass is 1200 g/mol. The molecular weight excluding hydrogens is 1100 g/mol. The van der Waals surface area contributed by atoms with Crippen LogP contribution in [0.3, 0.4) is 0 Å². The number of halogens is 1. The molecule has 2 aromatic heterocycles. The number of phenolic OH excluding ortho intramolecular Hbond substituents is 1. The summed E-state index contributed by atoms with van der Waals surface area (Å²) in [6.45, 7) is 25.8. The minimum Gasteiger partial charge on any atom is -0.508 e. The number of allylic oxidation sites excluding steroid dienone is 1. The molecule has 0 aliphatic carbocycles. The summed E-state index contributed by atoms with van der Waals surface area (Å²) in [5.74, 6) is 3.09. The zero-order valence-electron chi connectivity index (χ0n) is 52.4. The van der Waals surface area contributed by atoms with E-state index in [9.17, 15) is 19.5 Å². The van der Waals surface area contributed by atoms with Gasteiger partial charge in [0.15, 0.2) is 0 Å². The first-order valence-electron chi connectivity index (χ1n) is 31.1. The second kappa shape index (κ2) is 32.0. The number of aldehydes is 1. The van der Waals surface area contributed by atoms with Crippen molar-refractivity contribution in [3.8, 4) is 35.4 Å². The summed E-state index contributed by atoms with van der Waals surface area (Å²) in [5, 5.41) is 33.7. The highest BCUT2D eigenvalue weighted by atomic mass is 32.2. The fourth-order valence-electron chi connectivity index (χ4n) is 11.9. The topological polar surface area (TPSA) is 185 Å². The Labute approximate surface area is 514 Å². The number of piperidine rings is 1. The van der Waals surface area contributed by atoms with Gasteiger partial charge in [-0.25, -0.2) is 4.39 Å². The summed E-state index contributed by atoms with van der Waals surface area (Å²) in [5.41, 5.74) is 6.77. The standard InChI is InChI=1S/C48H64FN7O3.C15H21NS.C6H9NO3/c1-7-38-41(49)20-17-33-26-36(57)27-39(43(33)38)44-31(2)45-40(28-50-44)46(56-29-34-18-19-35(30-56)52-34)54-47(53-45)59-37-21-24-55(25-22-37)23-15-13-11-9-8-10-12-14-16-42(58)51-32(3)48(4,5)6;1-6-17-15(11(2)3)14-9-7-13(8-10-14)12(4)16-5;8-3-5-1-6(10)2-7(5)4-9/h1,17,20,26-28,32,34-35,37,52,57H,8-16,18-19,21-25,29-30H2,2-6H3,(H,51,58);6-10,12,16H,1H2,2-5H3;3-6,10H,1-2H2/t;12-;5?,6-/m.01/s1. The van der Waals surface area contributed by atoms with Crippen LogP contribution in [-0.2, 0) is 14.4 Å². The van der Waals surface area contributed by atoms with Crippen LogP contribution in [0.15, 0.2) is 72.3 Å². The molecule has 4 saturated heterocycles. The van der Waals surface area contributed by atoms with Gasteiger partial charge in [0.1, 0.15) is 29.8 Å². The molecule has 17 heteroatoms. The van der Waals surface area contributed by atoms with Crippen molar-refractivity contribution in [2.45, 2.75) is 188 Å². The van der Waals surface area contributed by atoms with Gasteiger partial charge in [-0.2, -0.15) is 9.97 Å². The first kappa shape index (κ1) is 67.1. The van der Waals surface area contributed by atoms with Gasteiger partial charge in [-0.05, 0) is 132 Å². The fourth-order valence-corrected chi connectivity index (χ4v) is 12.5. The lowest BCUT2D eigenvalue weighted by Crippen LogP contribution is -2.51. The van der Waals surface area contributed by atoms with E-state index >= 15 is 4.39 Å². The van der Waals surface area contributed by atoms with Crippen molar-refractivity contribution in [1.82, 2.24) is 40.7 Å². The van der Waals surface area contributed by atoms with Crippen LogP contribution in [0.1, 0.15) is 167 Å². The van der Waals surface area contributed by atoms with E-state index in [-0.39, 0.29) is 41.3 Å². The van der Waals surface area contributed by atoms with Crippen LogP contribution < -0.4 is 25.6 Å². The number of fused-ring (bicyclic) bond motifs is 4. The number of hydrogen-bond donors (Lipinski definition) is 5. The van der Waals surface area contributed by atoms with Crippen molar-refractivity contribution >= 4 is 62.8 Å². The molecule has 6 atom stereocenters. The molecule has 2 amide bonds. The lowest BCUT2D eigenvalue weighted by Gasteiger charge is -2.35. The number of aromatic hydroxyl groups is 1. The normalized spacial score (nSPS) is 19.4. The maximum atomic E-state index is 15.0. The molecule has 0 radical (unpaired) electrons. The van der Waals surface area contributed by atoms with Crippen LogP contribution in [0.5, 0.6) is 11.8 Å². The van der Waals surface area contributed by atoms with Crippen LogP contribution in [-0.4, -0.2) is 136 Å². The molecule has 6 heterocycles. The number of thioether (sulfide) groups is 1. The number of terminal acetylenes is 1. The molecule has 0 spiro atoms. The summed E-state index contributed by atoms with van der Waals surface area (Å²) in [6, 6.07) is 16.3. The van der Waals surface area contributed by atoms with Crippen LogP contribution in [0.4, 0.5) is 10.2 Å². The Hall–Kier alpha value is -6.42. The maximum absolute atomic E-state index is 15.0. The number of aryl methyl sites for hydroxylation is 1. The van der Waals surface area contributed by atoms with Gasteiger partial charge >= 0.3 is 6.01 Å². The molecule has 5 aromatic rings. The average Bonchev–Trinajstić information content (AvgIpc) is 1.11. The molecule has 9 rings (SSSR count). The minimum atomic E-state index is -0.527. The smallest absolute Gasteiger partial charge is 0.319 e. The summed E-state index contributed by atoms with van der Waals surface area (Å²) in [7, 11) is 1.98. The molecule has 4 unspecified atom stereocenters. The maximum Gasteiger partial charge on any atom is 0.319 e. The molecule has 4 fully saturated rings. The number of ether oxygens (including phenoxy) is 1. The third-order valence-corrected chi connectivity index (χ3v) is 18.5. The SMILES string of the molecule is C#Cc1c(F)ccc2cc(O)cc(-c3ncc4c(N5CC6CCC(C5)N6)nc(OC5CCN(CCCCCCCCCCC(=O)NC(C)C(C)(C)C)CC5)nc4c3C)c12.C=CSC(=C(C)C)c1ccc([C@H](C)NC)cc1.O=CC1C[C@@H](O)CN1C=O. The van der Waals surface area contributed by atoms with Gasteiger partial charge in [-0.15, -0.1) is 6.42 Å². The van der Waals surface area contributed by atoms with E-state index < -0.39 is 18.0 Å². The predicted molar refractivity (Wildman–Crippen MR) is 349 cm³/mol. The number of nitrogens with one attached hydrogen (secondary N) is 3. The summed E-state index contributed by atoms with van der Waals surface area (Å²) in [6.07, 6.45) is 23.1. The molecule has 86 heavy (non-hydrogen) atoms. The number of carbonyl (C=O) groups excluding carboxylic acids is 3. The molecular formula is C69H94FN9O6S. The van der Waals surface area contributed by atoms with Gasteiger partial charge in [0.2, 0.25) is 12.3 Å². The second-order valence-electron chi connectivity index (χ2n) is 25.1. The highest BCUT2D eigenvalue weighted by Gasteiger charge is 2.35. The molecule has 5 N–H and O–H groups in total. The van der Waals surface area contributed by atoms with E-state index in [0.29, 0.717) is 71.7 Å². The van der Waals surface area contributed by atoms with Crippen molar-refractivity contribution in [2.75, 3.05) is 51.2 Å². The number of pyridine rings is 1. The number of likely N-dealkylation sites (tertiary alicyclic amines) is 2. The Morgan fingerprint density at radius 1 is 0.953 bits per heavy atom. The molecule has 4 aliphatic heterocycles. The van der Waals surface area contributed by atoms with E-state index in [0.717, 1.165) is 93.5 Å². The number of carbonyl (C=O) groups is 3. The Bertz CT molecular complexity index is 3140. The number of β-amino-alcohol motifs (C(OH)–C–C–N with tert-alkyl or cyclic N) is 1. The highest BCUT2D eigenvalue weighted by molar-refractivity contribution is 8.10. The summed E-state index contributed by atoms with van der Waals surface area (Å²) < 4.78 is 21.7. The Kier molecular flexibility index (Phi) is 25.0. The zero-order chi connectivity index (χ0) is 62.1.